The molecular weight excluding hydrogens is 634 g/mol. The van der Waals surface area contributed by atoms with E-state index < -0.39 is 12.2 Å². The van der Waals surface area contributed by atoms with Gasteiger partial charge in [0.1, 0.15) is 0 Å². The number of anilines is 1. The molecule has 1 aromatic heterocycles. The number of aryl methyl sites for hydroxylation is 3. The second kappa shape index (κ2) is 14.5. The Morgan fingerprint density at radius 1 is 0.840 bits per heavy atom. The predicted molar refractivity (Wildman–Crippen MR) is 192 cm³/mol. The average molecular weight is 686 g/mol. The molecule has 268 valence electrons. The number of carbonyl (C=O) groups excluding carboxylic acids is 3. The van der Waals surface area contributed by atoms with Gasteiger partial charge >= 0.3 is 17.8 Å². The summed E-state index contributed by atoms with van der Waals surface area (Å²) in [5.41, 5.74) is 5.29. The second-order valence-corrected chi connectivity index (χ2v) is 14.7. The van der Waals surface area contributed by atoms with E-state index >= 15 is 0 Å². The molecule has 0 spiro atoms. The van der Waals surface area contributed by atoms with Crippen LogP contribution in [0.5, 0.6) is 0 Å². The number of hydrogen-bond donors (Lipinski definition) is 1. The van der Waals surface area contributed by atoms with Crippen molar-refractivity contribution in [1.82, 2.24) is 28.7 Å². The molecule has 3 fully saturated rings. The van der Waals surface area contributed by atoms with Crippen LogP contribution in [0.3, 0.4) is 0 Å². The molecule has 0 bridgehead atoms. The number of nitrogens with zero attached hydrogens (tertiary/aromatic N) is 6. The molecule has 2 aromatic carbocycles. The molecule has 0 saturated carbocycles. The summed E-state index contributed by atoms with van der Waals surface area (Å²) >= 11 is 0. The number of urea groups is 1. The van der Waals surface area contributed by atoms with Gasteiger partial charge in [0.2, 0.25) is 0 Å². The summed E-state index contributed by atoms with van der Waals surface area (Å²) in [5.74, 6) is -0.161. The van der Waals surface area contributed by atoms with Crippen LogP contribution in [-0.2, 0) is 36.5 Å². The van der Waals surface area contributed by atoms with Gasteiger partial charge in [0.15, 0.2) is 6.10 Å². The number of hydrogen-bond acceptors (Lipinski definition) is 6. The maximum atomic E-state index is 14.2. The number of nitrogens with one attached hydrogen (secondary N) is 1. The first-order chi connectivity index (χ1) is 24.2. The molecule has 50 heavy (non-hydrogen) atoms. The van der Waals surface area contributed by atoms with Gasteiger partial charge in [0.25, 0.3) is 5.91 Å². The number of fused-ring (bicyclic) bond motifs is 2. The Kier molecular flexibility index (Phi) is 9.90. The van der Waals surface area contributed by atoms with E-state index in [-0.39, 0.29) is 30.1 Å². The van der Waals surface area contributed by atoms with Crippen molar-refractivity contribution < 1.29 is 19.1 Å². The third-order valence-electron chi connectivity index (χ3n) is 11.5. The van der Waals surface area contributed by atoms with Crippen molar-refractivity contribution in [2.24, 2.45) is 14.1 Å². The Morgan fingerprint density at radius 2 is 1.52 bits per heavy atom. The fraction of sp³-hybridized carbons (Fsp3) is 0.579. The number of para-hydroxylation sites is 1. The topological polar surface area (TPSA) is 112 Å². The van der Waals surface area contributed by atoms with Gasteiger partial charge in [-0.3, -0.25) is 13.9 Å². The van der Waals surface area contributed by atoms with E-state index in [1.54, 1.807) is 28.1 Å². The molecule has 0 unspecified atom stereocenters. The van der Waals surface area contributed by atoms with Crippen LogP contribution in [0, 0.1) is 6.92 Å². The summed E-state index contributed by atoms with van der Waals surface area (Å²) in [6.07, 6.45) is 6.41. The van der Waals surface area contributed by atoms with Gasteiger partial charge in [0.05, 0.1) is 11.0 Å². The first kappa shape index (κ1) is 34.1. The third-order valence-corrected chi connectivity index (χ3v) is 11.5. The Balaban J connectivity index is 1.04. The Bertz CT molecular complexity index is 1790. The summed E-state index contributed by atoms with van der Waals surface area (Å²) in [4.78, 5) is 61.9. The van der Waals surface area contributed by atoms with Crippen LogP contribution in [-0.4, -0.2) is 111 Å². The van der Waals surface area contributed by atoms with E-state index in [0.717, 1.165) is 65.8 Å². The number of piperidine rings is 3. The van der Waals surface area contributed by atoms with Crippen molar-refractivity contribution >= 4 is 34.8 Å². The highest BCUT2D eigenvalue weighted by Crippen LogP contribution is 2.27. The van der Waals surface area contributed by atoms with Crippen molar-refractivity contribution in [3.05, 3.63) is 63.6 Å². The molecule has 5 heterocycles. The predicted octanol–water partition coefficient (Wildman–Crippen LogP) is 4.26. The molecule has 0 radical (unpaired) electrons. The van der Waals surface area contributed by atoms with Gasteiger partial charge in [-0.2, -0.15) is 0 Å². The highest BCUT2D eigenvalue weighted by atomic mass is 16.6. The molecule has 4 amide bonds. The Labute approximate surface area is 293 Å². The van der Waals surface area contributed by atoms with Gasteiger partial charge in [-0.1, -0.05) is 30.7 Å². The van der Waals surface area contributed by atoms with Crippen molar-refractivity contribution in [3.63, 3.8) is 0 Å². The normalized spacial score (nSPS) is 20.4. The zero-order chi connectivity index (χ0) is 34.9. The van der Waals surface area contributed by atoms with Crippen molar-refractivity contribution in [2.45, 2.75) is 82.9 Å². The molecule has 7 rings (SSSR count). The first-order valence-electron chi connectivity index (χ1n) is 18.5. The minimum Gasteiger partial charge on any atom is -0.436 e. The maximum Gasteiger partial charge on any atom is 0.410 e. The third kappa shape index (κ3) is 6.86. The summed E-state index contributed by atoms with van der Waals surface area (Å²) in [5, 5.41) is 3.06. The van der Waals surface area contributed by atoms with E-state index in [2.05, 4.69) is 10.2 Å². The van der Waals surface area contributed by atoms with Crippen LogP contribution >= 0.6 is 0 Å². The van der Waals surface area contributed by atoms with Crippen molar-refractivity contribution in [1.29, 1.82) is 0 Å². The lowest BCUT2D eigenvalue weighted by Crippen LogP contribution is -2.53. The quantitative estimate of drug-likeness (QED) is 0.415. The van der Waals surface area contributed by atoms with Crippen LogP contribution in [0.15, 0.2) is 41.2 Å². The Morgan fingerprint density at radius 3 is 2.26 bits per heavy atom. The number of likely N-dealkylation sites (tertiary alicyclic amines) is 3. The average Bonchev–Trinajstić information content (AvgIpc) is 3.25. The zero-order valence-electron chi connectivity index (χ0n) is 29.7. The van der Waals surface area contributed by atoms with Crippen LogP contribution in [0.1, 0.15) is 61.6 Å². The van der Waals surface area contributed by atoms with Crippen LogP contribution in [0.2, 0.25) is 0 Å². The molecule has 4 aliphatic heterocycles. The number of amides is 4. The van der Waals surface area contributed by atoms with Crippen molar-refractivity contribution in [3.8, 4) is 0 Å². The first-order valence-corrected chi connectivity index (χ1v) is 18.5. The lowest BCUT2D eigenvalue weighted by molar-refractivity contribution is -0.142. The molecule has 12 heteroatoms. The van der Waals surface area contributed by atoms with E-state index in [0.29, 0.717) is 51.6 Å². The molecule has 1 atom stereocenters. The fourth-order valence-electron chi connectivity index (χ4n) is 8.69. The second-order valence-electron chi connectivity index (χ2n) is 14.7. The summed E-state index contributed by atoms with van der Waals surface area (Å²) in [6, 6.07) is 12.2. The number of imidazole rings is 1. The lowest BCUT2D eigenvalue weighted by atomic mass is 9.98. The largest absolute Gasteiger partial charge is 0.436 e. The van der Waals surface area contributed by atoms with Gasteiger partial charge in [0, 0.05) is 71.0 Å². The van der Waals surface area contributed by atoms with Gasteiger partial charge in [-0.05, 0) is 93.8 Å². The minimum atomic E-state index is -0.987. The molecule has 3 aromatic rings. The molecule has 3 saturated heterocycles. The van der Waals surface area contributed by atoms with E-state index in [9.17, 15) is 19.2 Å². The smallest absolute Gasteiger partial charge is 0.410 e. The standard InChI is InChI=1S/C38H51N7O5/c1-26-23-27(24-32-34(26)41(3)37(48)40(32)2)25-33(35(46)43-18-12-29(13-19-43)42-16-7-4-8-17-42)50-38(49)44-20-14-30(15-21-44)45-22-11-28-9-5-6-10-31(28)39-36(45)47/h5-6,9-10,23-24,29-30,33H,4,7-8,11-22,25H2,1-3H3,(H,39,47)/t33-/m1/s1. The summed E-state index contributed by atoms with van der Waals surface area (Å²) in [6.45, 7) is 7.04. The van der Waals surface area contributed by atoms with Gasteiger partial charge < -0.3 is 29.7 Å². The number of carbonyl (C=O) groups is 3. The fourth-order valence-corrected chi connectivity index (χ4v) is 8.69. The lowest BCUT2D eigenvalue weighted by Gasteiger charge is -2.41. The van der Waals surface area contributed by atoms with Gasteiger partial charge in [-0.15, -0.1) is 0 Å². The molecule has 0 aliphatic carbocycles. The minimum absolute atomic E-state index is 0.0132. The van der Waals surface area contributed by atoms with Crippen LogP contribution in [0.25, 0.3) is 11.0 Å². The summed E-state index contributed by atoms with van der Waals surface area (Å²) < 4.78 is 9.40. The number of ether oxygens (including phenoxy) is 1. The zero-order valence-corrected chi connectivity index (χ0v) is 29.7. The van der Waals surface area contributed by atoms with Gasteiger partial charge in [-0.25, -0.2) is 14.4 Å². The summed E-state index contributed by atoms with van der Waals surface area (Å²) in [7, 11) is 3.51. The van der Waals surface area contributed by atoms with E-state index in [1.807, 2.05) is 53.1 Å². The highest BCUT2D eigenvalue weighted by molar-refractivity contribution is 5.91. The molecule has 4 aliphatic rings. The number of benzene rings is 2. The molecule has 12 nitrogen and oxygen atoms in total. The maximum absolute atomic E-state index is 14.2. The molecule has 1 N–H and O–H groups in total. The molecular formula is C38H51N7O5. The van der Waals surface area contributed by atoms with Crippen LogP contribution < -0.4 is 11.0 Å². The Hall–Kier alpha value is -4.32. The van der Waals surface area contributed by atoms with E-state index in [1.165, 1.54) is 19.3 Å². The highest BCUT2D eigenvalue weighted by Gasteiger charge is 2.36. The monoisotopic (exact) mass is 685 g/mol. The number of rotatable bonds is 6. The number of aromatic nitrogens is 2. The SMILES string of the molecule is Cc1cc(C[C@@H](OC(=O)N2CCC(N3CCc4ccccc4NC3=O)CC2)C(=O)N2CCC(N3CCCCC3)CC2)cc2c1n(C)c(=O)n2C. The van der Waals surface area contributed by atoms with Crippen LogP contribution in [0.4, 0.5) is 15.3 Å². The van der Waals surface area contributed by atoms with Crippen molar-refractivity contribution in [2.75, 3.05) is 51.1 Å². The van der Waals surface area contributed by atoms with E-state index in [4.69, 9.17) is 4.74 Å².